The normalized spacial score (nSPS) is 13.2. The fourth-order valence-corrected chi connectivity index (χ4v) is 3.78. The number of aliphatic hydroxyl groups excluding tert-OH is 1. The zero-order valence-electron chi connectivity index (χ0n) is 20.2. The molecule has 0 spiro atoms. The smallest absolute Gasteiger partial charge is 0.222 e. The Morgan fingerprint density at radius 3 is 2.30 bits per heavy atom. The molecule has 0 aliphatic carbocycles. The van der Waals surface area contributed by atoms with Crippen molar-refractivity contribution < 1.29 is 19.3 Å². The van der Waals surface area contributed by atoms with Crippen LogP contribution in [0.2, 0.25) is 0 Å². The number of aromatic nitrogens is 2. The second-order valence-corrected chi connectivity index (χ2v) is 8.20. The Balaban J connectivity index is 2.01. The van der Waals surface area contributed by atoms with Crippen LogP contribution in [-0.2, 0) is 18.3 Å². The zero-order chi connectivity index (χ0) is 23.8. The summed E-state index contributed by atoms with van der Waals surface area (Å²) in [5.74, 6) is 2.15. The molecular formula is C26H35N3O4. The maximum atomic E-state index is 10.5. The van der Waals surface area contributed by atoms with Crippen molar-refractivity contribution in [2.24, 2.45) is 7.05 Å². The van der Waals surface area contributed by atoms with Crippen molar-refractivity contribution in [2.75, 3.05) is 27.4 Å². The molecule has 33 heavy (non-hydrogen) atoms. The van der Waals surface area contributed by atoms with Gasteiger partial charge in [0.1, 0.15) is 17.2 Å². The summed E-state index contributed by atoms with van der Waals surface area (Å²) in [5.41, 5.74) is 2.87. The summed E-state index contributed by atoms with van der Waals surface area (Å²) in [7, 11) is 5.14. The average Bonchev–Trinajstić information content (AvgIpc) is 3.14. The third-order valence-electron chi connectivity index (χ3n) is 5.79. The molecule has 7 nitrogen and oxygen atoms in total. The lowest BCUT2D eigenvalue weighted by atomic mass is 10.1. The van der Waals surface area contributed by atoms with Gasteiger partial charge in [0.15, 0.2) is 0 Å². The number of benzene rings is 2. The molecule has 178 valence electrons. The highest BCUT2D eigenvalue weighted by Gasteiger charge is 2.25. The van der Waals surface area contributed by atoms with Crippen molar-refractivity contribution in [3.8, 4) is 28.6 Å². The van der Waals surface area contributed by atoms with Gasteiger partial charge in [0, 0.05) is 38.9 Å². The van der Waals surface area contributed by atoms with E-state index in [4.69, 9.17) is 19.3 Å². The summed E-state index contributed by atoms with van der Waals surface area (Å²) in [6, 6.07) is 17.9. The van der Waals surface area contributed by atoms with Crippen LogP contribution in [0.1, 0.15) is 25.8 Å². The minimum absolute atomic E-state index is 0.258. The second-order valence-electron chi connectivity index (χ2n) is 8.20. The van der Waals surface area contributed by atoms with Crippen molar-refractivity contribution >= 4 is 0 Å². The Labute approximate surface area is 196 Å². The first kappa shape index (κ1) is 24.8. The Hall–Kier alpha value is -2.87. The van der Waals surface area contributed by atoms with E-state index in [1.54, 1.807) is 18.9 Å². The number of methoxy groups -OCH3 is 2. The van der Waals surface area contributed by atoms with Crippen LogP contribution in [0.3, 0.4) is 0 Å². The van der Waals surface area contributed by atoms with Gasteiger partial charge < -0.3 is 19.3 Å². The summed E-state index contributed by atoms with van der Waals surface area (Å²) in [6.07, 6.45) is 0.377. The third-order valence-corrected chi connectivity index (χ3v) is 5.79. The number of ether oxygens (including phenoxy) is 3. The van der Waals surface area contributed by atoms with E-state index in [1.165, 1.54) is 0 Å². The van der Waals surface area contributed by atoms with Crippen LogP contribution >= 0.6 is 0 Å². The number of hydrogen-bond donors (Lipinski definition) is 1. The molecule has 0 saturated carbocycles. The number of rotatable bonds is 12. The van der Waals surface area contributed by atoms with Gasteiger partial charge in [0.25, 0.3) is 0 Å². The molecule has 0 amide bonds. The molecule has 1 N–H and O–H groups in total. The van der Waals surface area contributed by atoms with E-state index in [-0.39, 0.29) is 6.04 Å². The predicted octanol–water partition coefficient (Wildman–Crippen LogP) is 4.50. The van der Waals surface area contributed by atoms with Crippen LogP contribution < -0.4 is 9.47 Å². The molecule has 2 atom stereocenters. The Morgan fingerprint density at radius 1 is 1.03 bits per heavy atom. The lowest BCUT2D eigenvalue weighted by Gasteiger charge is -2.30. The molecule has 0 bridgehead atoms. The van der Waals surface area contributed by atoms with Gasteiger partial charge in [-0.1, -0.05) is 37.3 Å². The minimum Gasteiger partial charge on any atom is -0.497 e. The topological polar surface area (TPSA) is 69.0 Å². The maximum Gasteiger partial charge on any atom is 0.222 e. The van der Waals surface area contributed by atoms with E-state index in [1.807, 2.05) is 49.5 Å². The number of aliphatic hydroxyl groups is 1. The van der Waals surface area contributed by atoms with Crippen LogP contribution in [0, 0.1) is 0 Å². The van der Waals surface area contributed by atoms with E-state index in [9.17, 15) is 5.11 Å². The lowest BCUT2D eigenvalue weighted by Crippen LogP contribution is -2.39. The monoisotopic (exact) mass is 453 g/mol. The van der Waals surface area contributed by atoms with Crippen LogP contribution in [-0.4, -0.2) is 59.3 Å². The fraction of sp³-hybridized carbons (Fsp3) is 0.423. The van der Waals surface area contributed by atoms with Crippen molar-refractivity contribution in [1.82, 2.24) is 14.7 Å². The fourth-order valence-electron chi connectivity index (χ4n) is 3.78. The van der Waals surface area contributed by atoms with Gasteiger partial charge in [-0.05, 0) is 37.6 Å². The molecule has 0 unspecified atom stereocenters. The zero-order valence-corrected chi connectivity index (χ0v) is 20.2. The van der Waals surface area contributed by atoms with Gasteiger partial charge >= 0.3 is 0 Å². The molecule has 0 radical (unpaired) electrons. The number of nitrogens with zero attached hydrogens (tertiary/aromatic N) is 3. The maximum absolute atomic E-state index is 10.5. The van der Waals surface area contributed by atoms with Gasteiger partial charge in [-0.3, -0.25) is 4.90 Å². The molecule has 3 aromatic rings. The average molecular weight is 454 g/mol. The summed E-state index contributed by atoms with van der Waals surface area (Å²) in [6.45, 7) is 5.69. The van der Waals surface area contributed by atoms with E-state index < -0.39 is 6.10 Å². The van der Waals surface area contributed by atoms with Crippen LogP contribution in [0.25, 0.3) is 11.3 Å². The molecule has 0 aliphatic heterocycles. The Morgan fingerprint density at radius 2 is 1.70 bits per heavy atom. The van der Waals surface area contributed by atoms with Crippen molar-refractivity contribution in [3.05, 3.63) is 60.2 Å². The highest BCUT2D eigenvalue weighted by Crippen LogP contribution is 2.35. The summed E-state index contributed by atoms with van der Waals surface area (Å²) in [5, 5.41) is 15.3. The minimum atomic E-state index is -0.577. The van der Waals surface area contributed by atoms with E-state index >= 15 is 0 Å². The van der Waals surface area contributed by atoms with E-state index in [0.717, 1.165) is 29.0 Å². The summed E-state index contributed by atoms with van der Waals surface area (Å²) in [4.78, 5) is 2.26. The molecule has 1 aromatic heterocycles. The van der Waals surface area contributed by atoms with Gasteiger partial charge in [0.2, 0.25) is 5.88 Å². The highest BCUT2D eigenvalue weighted by atomic mass is 16.5. The molecule has 0 aliphatic rings. The van der Waals surface area contributed by atoms with Crippen LogP contribution in [0.5, 0.6) is 17.4 Å². The standard InChI is InChI=1S/C26H35N3O4/c1-6-19(2)29(16-21(30)18-31-4)17-24-25(20-10-8-7-9-11-20)27-28(3)26(24)33-23-14-12-22(32-5)13-15-23/h7-15,19,21,30H,6,16-18H2,1-5H3/t19-,21-/m0/s1. The predicted molar refractivity (Wildman–Crippen MR) is 130 cm³/mol. The summed E-state index contributed by atoms with van der Waals surface area (Å²) >= 11 is 0. The van der Waals surface area contributed by atoms with Crippen molar-refractivity contribution in [3.63, 3.8) is 0 Å². The molecule has 1 heterocycles. The van der Waals surface area contributed by atoms with E-state index in [2.05, 4.69) is 30.9 Å². The molecule has 2 aromatic carbocycles. The number of aryl methyl sites for hydroxylation is 1. The molecule has 0 saturated heterocycles. The SMILES string of the molecule is CC[C@H](C)N(Cc1c(-c2ccccc2)nn(C)c1Oc1ccc(OC)cc1)C[C@H](O)COC. The van der Waals surface area contributed by atoms with Crippen LogP contribution in [0.4, 0.5) is 0 Å². The third kappa shape index (κ3) is 6.35. The Kier molecular flexibility index (Phi) is 8.88. The Bertz CT molecular complexity index is 989. The molecule has 0 fully saturated rings. The molecule has 7 heteroatoms. The van der Waals surface area contributed by atoms with Gasteiger partial charge in [-0.25, -0.2) is 4.68 Å². The van der Waals surface area contributed by atoms with Gasteiger partial charge in [0.05, 0.1) is 25.4 Å². The molecule has 3 rings (SSSR count). The highest BCUT2D eigenvalue weighted by molar-refractivity contribution is 5.65. The first-order chi connectivity index (χ1) is 16.0. The van der Waals surface area contributed by atoms with Crippen molar-refractivity contribution in [1.29, 1.82) is 0 Å². The summed E-state index contributed by atoms with van der Waals surface area (Å²) < 4.78 is 18.5. The number of hydrogen-bond acceptors (Lipinski definition) is 6. The lowest BCUT2D eigenvalue weighted by molar-refractivity contribution is 0.0253. The van der Waals surface area contributed by atoms with Gasteiger partial charge in [-0.2, -0.15) is 5.10 Å². The van der Waals surface area contributed by atoms with Crippen molar-refractivity contribution in [2.45, 2.75) is 39.0 Å². The largest absolute Gasteiger partial charge is 0.497 e. The first-order valence-corrected chi connectivity index (χ1v) is 11.3. The van der Waals surface area contributed by atoms with Crippen LogP contribution in [0.15, 0.2) is 54.6 Å². The first-order valence-electron chi connectivity index (χ1n) is 11.3. The van der Waals surface area contributed by atoms with E-state index in [0.29, 0.717) is 31.3 Å². The van der Waals surface area contributed by atoms with Gasteiger partial charge in [-0.15, -0.1) is 0 Å². The second kappa shape index (κ2) is 11.8. The molecular weight excluding hydrogens is 418 g/mol. The quantitative estimate of drug-likeness (QED) is 0.436.